The van der Waals surface area contributed by atoms with Crippen LogP contribution in [0.25, 0.3) is 10.2 Å². The van der Waals surface area contributed by atoms with Crippen LogP contribution in [0.5, 0.6) is 0 Å². The monoisotopic (exact) mass is 240 g/mol. The predicted molar refractivity (Wildman–Crippen MR) is 61.8 cm³/mol. The highest BCUT2D eigenvalue weighted by Gasteiger charge is 2.04. The van der Waals surface area contributed by atoms with Gasteiger partial charge in [-0.25, -0.2) is 4.98 Å². The number of nitrogens with zero attached hydrogens (tertiary/aromatic N) is 2. The molecule has 0 aliphatic carbocycles. The molecule has 2 aromatic rings. The van der Waals surface area contributed by atoms with Crippen LogP contribution in [0.3, 0.4) is 0 Å². The van der Waals surface area contributed by atoms with E-state index in [0.29, 0.717) is 25.1 Å². The standard InChI is InChI=1S/C10H12N2O3S/c13-3-5-15-4-2-12-7-11-9-8(10(12)14)1-6-16-9/h1,6-7,13H,2-5H2. The molecule has 0 spiro atoms. The van der Waals surface area contributed by atoms with E-state index >= 15 is 0 Å². The molecule has 16 heavy (non-hydrogen) atoms. The molecule has 1 N–H and O–H groups in total. The van der Waals surface area contributed by atoms with E-state index in [1.54, 1.807) is 6.07 Å². The first-order valence-corrected chi connectivity index (χ1v) is 5.82. The van der Waals surface area contributed by atoms with Crippen molar-refractivity contribution < 1.29 is 9.84 Å². The summed E-state index contributed by atoms with van der Waals surface area (Å²) in [5.74, 6) is 0. The fourth-order valence-corrected chi connectivity index (χ4v) is 2.11. The molecule has 0 saturated carbocycles. The van der Waals surface area contributed by atoms with E-state index in [2.05, 4.69) is 4.98 Å². The normalized spacial score (nSPS) is 11.1. The lowest BCUT2D eigenvalue weighted by atomic mass is 10.4. The summed E-state index contributed by atoms with van der Waals surface area (Å²) in [5, 5.41) is 11.0. The molecule has 0 fully saturated rings. The molecule has 0 aliphatic heterocycles. The van der Waals surface area contributed by atoms with Gasteiger partial charge in [0.05, 0.1) is 38.1 Å². The molecule has 0 aliphatic rings. The quantitative estimate of drug-likeness (QED) is 0.771. The van der Waals surface area contributed by atoms with Gasteiger partial charge in [-0.2, -0.15) is 0 Å². The number of aliphatic hydroxyl groups excluding tert-OH is 1. The molecule has 86 valence electrons. The second-order valence-corrected chi connectivity index (χ2v) is 4.11. The molecule has 2 aromatic heterocycles. The Labute approximate surface area is 95.9 Å². The molecule has 5 nitrogen and oxygen atoms in total. The Morgan fingerprint density at radius 1 is 1.50 bits per heavy atom. The van der Waals surface area contributed by atoms with E-state index in [9.17, 15) is 4.79 Å². The maximum atomic E-state index is 11.9. The third kappa shape index (κ3) is 2.29. The summed E-state index contributed by atoms with van der Waals surface area (Å²) < 4.78 is 6.62. The van der Waals surface area contributed by atoms with Crippen molar-refractivity contribution >= 4 is 21.6 Å². The Kier molecular flexibility index (Phi) is 3.66. The number of ether oxygens (including phenoxy) is 1. The lowest BCUT2D eigenvalue weighted by Crippen LogP contribution is -2.22. The summed E-state index contributed by atoms with van der Waals surface area (Å²) in [6.45, 7) is 1.15. The Hall–Kier alpha value is -1.24. The zero-order valence-corrected chi connectivity index (χ0v) is 9.44. The van der Waals surface area contributed by atoms with Crippen molar-refractivity contribution in [3.8, 4) is 0 Å². The van der Waals surface area contributed by atoms with E-state index in [1.807, 2.05) is 5.38 Å². The fraction of sp³-hybridized carbons (Fsp3) is 0.400. The summed E-state index contributed by atoms with van der Waals surface area (Å²) in [5.41, 5.74) is -0.0427. The van der Waals surface area contributed by atoms with Gasteiger partial charge < -0.3 is 9.84 Å². The lowest BCUT2D eigenvalue weighted by Gasteiger charge is -2.05. The molecule has 0 bridgehead atoms. The van der Waals surface area contributed by atoms with Crippen LogP contribution in [0.2, 0.25) is 0 Å². The van der Waals surface area contributed by atoms with Gasteiger partial charge in [-0.3, -0.25) is 9.36 Å². The zero-order chi connectivity index (χ0) is 11.4. The third-order valence-electron chi connectivity index (χ3n) is 2.16. The van der Waals surface area contributed by atoms with Crippen LogP contribution in [0, 0.1) is 0 Å². The van der Waals surface area contributed by atoms with Crippen LogP contribution >= 0.6 is 11.3 Å². The van der Waals surface area contributed by atoms with Crippen molar-refractivity contribution in [1.82, 2.24) is 9.55 Å². The topological polar surface area (TPSA) is 64.4 Å². The Morgan fingerprint density at radius 2 is 2.38 bits per heavy atom. The number of thiophene rings is 1. The van der Waals surface area contributed by atoms with Gasteiger partial charge in [0.25, 0.3) is 5.56 Å². The summed E-state index contributed by atoms with van der Waals surface area (Å²) in [6.07, 6.45) is 1.53. The minimum Gasteiger partial charge on any atom is -0.394 e. The molecule has 0 unspecified atom stereocenters. The molecule has 0 saturated heterocycles. The smallest absolute Gasteiger partial charge is 0.262 e. The highest BCUT2D eigenvalue weighted by atomic mass is 32.1. The van der Waals surface area contributed by atoms with Gasteiger partial charge in [-0.15, -0.1) is 11.3 Å². The van der Waals surface area contributed by atoms with Crippen LogP contribution in [-0.4, -0.2) is 34.5 Å². The molecule has 0 radical (unpaired) electrons. The van der Waals surface area contributed by atoms with E-state index in [-0.39, 0.29) is 12.2 Å². The molecule has 2 rings (SSSR count). The highest BCUT2D eigenvalue weighted by Crippen LogP contribution is 2.12. The second kappa shape index (κ2) is 5.20. The van der Waals surface area contributed by atoms with Gasteiger partial charge >= 0.3 is 0 Å². The molecule has 6 heteroatoms. The zero-order valence-electron chi connectivity index (χ0n) is 8.63. The van der Waals surface area contributed by atoms with Gasteiger partial charge in [0.1, 0.15) is 4.83 Å². The van der Waals surface area contributed by atoms with E-state index in [0.717, 1.165) is 4.83 Å². The van der Waals surface area contributed by atoms with Gasteiger partial charge in [0.2, 0.25) is 0 Å². The molecule has 0 atom stereocenters. The summed E-state index contributed by atoms with van der Waals surface area (Å²) in [6, 6.07) is 1.78. The summed E-state index contributed by atoms with van der Waals surface area (Å²) in [7, 11) is 0. The first-order valence-electron chi connectivity index (χ1n) is 4.94. The van der Waals surface area contributed by atoms with E-state index in [4.69, 9.17) is 9.84 Å². The van der Waals surface area contributed by atoms with Crippen LogP contribution < -0.4 is 5.56 Å². The third-order valence-corrected chi connectivity index (χ3v) is 2.98. The Bertz CT molecular complexity index is 520. The molecular formula is C10H12N2O3S. The summed E-state index contributed by atoms with van der Waals surface area (Å²) >= 11 is 1.45. The van der Waals surface area contributed by atoms with Gasteiger partial charge in [0.15, 0.2) is 0 Å². The van der Waals surface area contributed by atoms with Crippen LogP contribution in [-0.2, 0) is 11.3 Å². The Balaban J connectivity index is 2.12. The van der Waals surface area contributed by atoms with Crippen molar-refractivity contribution in [2.24, 2.45) is 0 Å². The SMILES string of the molecule is O=c1c2ccsc2ncn1CCOCCO. The molecule has 0 aromatic carbocycles. The van der Waals surface area contributed by atoms with Crippen molar-refractivity contribution in [1.29, 1.82) is 0 Å². The van der Waals surface area contributed by atoms with E-state index in [1.165, 1.54) is 22.2 Å². The largest absolute Gasteiger partial charge is 0.394 e. The number of hydrogen-bond acceptors (Lipinski definition) is 5. The number of aliphatic hydroxyl groups is 1. The fourth-order valence-electron chi connectivity index (χ4n) is 1.38. The highest BCUT2D eigenvalue weighted by molar-refractivity contribution is 7.16. The maximum Gasteiger partial charge on any atom is 0.262 e. The number of hydrogen-bond donors (Lipinski definition) is 1. The van der Waals surface area contributed by atoms with Crippen LogP contribution in [0.15, 0.2) is 22.6 Å². The molecule has 0 amide bonds. The van der Waals surface area contributed by atoms with Crippen molar-refractivity contribution in [3.05, 3.63) is 28.1 Å². The van der Waals surface area contributed by atoms with Gasteiger partial charge in [0, 0.05) is 0 Å². The van der Waals surface area contributed by atoms with E-state index < -0.39 is 0 Å². The van der Waals surface area contributed by atoms with Gasteiger partial charge in [-0.05, 0) is 11.4 Å². The van der Waals surface area contributed by atoms with Crippen molar-refractivity contribution in [2.75, 3.05) is 19.8 Å². The Morgan fingerprint density at radius 3 is 3.19 bits per heavy atom. The summed E-state index contributed by atoms with van der Waals surface area (Å²) in [4.78, 5) is 16.8. The minimum atomic E-state index is -0.0427. The minimum absolute atomic E-state index is 0.00326. The van der Waals surface area contributed by atoms with Crippen LogP contribution in [0.4, 0.5) is 0 Å². The number of aromatic nitrogens is 2. The van der Waals surface area contributed by atoms with Gasteiger partial charge in [-0.1, -0.05) is 0 Å². The average Bonchev–Trinajstić information content (AvgIpc) is 2.76. The number of fused-ring (bicyclic) bond motifs is 1. The first kappa shape index (κ1) is 11.3. The lowest BCUT2D eigenvalue weighted by molar-refractivity contribution is 0.0865. The average molecular weight is 240 g/mol. The first-order chi connectivity index (χ1) is 7.83. The predicted octanol–water partition coefficient (Wildman–Crippen LogP) is 0.467. The molecule has 2 heterocycles. The molecular weight excluding hydrogens is 228 g/mol. The maximum absolute atomic E-state index is 11.9. The second-order valence-electron chi connectivity index (χ2n) is 3.22. The van der Waals surface area contributed by atoms with Crippen LogP contribution in [0.1, 0.15) is 0 Å². The van der Waals surface area contributed by atoms with Crippen molar-refractivity contribution in [3.63, 3.8) is 0 Å². The number of rotatable bonds is 5. The van der Waals surface area contributed by atoms with Crippen molar-refractivity contribution in [2.45, 2.75) is 6.54 Å².